The van der Waals surface area contributed by atoms with Gasteiger partial charge >= 0.3 is 5.97 Å². The number of aliphatic carboxylic acids is 1. The number of hydrogen-bond donors (Lipinski definition) is 3. The normalized spacial score (nSPS) is 21.0. The van der Waals surface area contributed by atoms with Crippen LogP contribution in [0.2, 0.25) is 0 Å². The quantitative estimate of drug-likeness (QED) is 0.755. The summed E-state index contributed by atoms with van der Waals surface area (Å²) < 4.78 is 0. The molecule has 1 aliphatic rings. The first kappa shape index (κ1) is 15.0. The minimum absolute atomic E-state index is 0.0544. The molecule has 0 bridgehead atoms. The summed E-state index contributed by atoms with van der Waals surface area (Å²) in [4.78, 5) is 34.1. The van der Waals surface area contributed by atoms with Crippen LogP contribution in [0.1, 0.15) is 24.8 Å². The Morgan fingerprint density at radius 3 is 2.48 bits per heavy atom. The van der Waals surface area contributed by atoms with Gasteiger partial charge in [0.25, 0.3) is 0 Å². The zero-order valence-electron chi connectivity index (χ0n) is 11.5. The highest BCUT2D eigenvalue weighted by molar-refractivity contribution is 5.94. The predicted octanol–water partition coefficient (Wildman–Crippen LogP) is 1.15. The second-order valence-electron chi connectivity index (χ2n) is 5.33. The first-order chi connectivity index (χ1) is 9.97. The summed E-state index contributed by atoms with van der Waals surface area (Å²) in [6.45, 7) is 0. The summed E-state index contributed by atoms with van der Waals surface area (Å²) >= 11 is 0. The Bertz CT molecular complexity index is 571. The summed E-state index contributed by atoms with van der Waals surface area (Å²) in [5, 5.41) is 11.7. The molecule has 1 aromatic carbocycles. The third kappa shape index (κ3) is 3.81. The molecule has 0 aromatic heterocycles. The van der Waals surface area contributed by atoms with Gasteiger partial charge in [0.15, 0.2) is 0 Å². The number of carbonyl (C=O) groups is 3. The van der Waals surface area contributed by atoms with E-state index in [1.165, 1.54) is 0 Å². The molecule has 2 amide bonds. The summed E-state index contributed by atoms with van der Waals surface area (Å²) in [6.07, 6.45) is 1.51. The van der Waals surface area contributed by atoms with Crippen LogP contribution in [0.25, 0.3) is 0 Å². The van der Waals surface area contributed by atoms with Gasteiger partial charge in [-0.15, -0.1) is 0 Å². The van der Waals surface area contributed by atoms with Crippen LogP contribution in [-0.2, 0) is 20.8 Å². The van der Waals surface area contributed by atoms with Crippen LogP contribution in [0, 0.1) is 11.8 Å². The fourth-order valence-electron chi connectivity index (χ4n) is 2.66. The van der Waals surface area contributed by atoms with Gasteiger partial charge in [-0.2, -0.15) is 0 Å². The lowest BCUT2D eigenvalue weighted by Crippen LogP contribution is -2.23. The molecule has 6 nitrogen and oxygen atoms in total. The number of carboxylic acid groups (broad SMARTS) is 1. The number of benzene rings is 1. The highest BCUT2D eigenvalue weighted by Gasteiger charge is 2.33. The zero-order valence-corrected chi connectivity index (χ0v) is 11.5. The maximum Gasteiger partial charge on any atom is 0.306 e. The summed E-state index contributed by atoms with van der Waals surface area (Å²) in [7, 11) is 0. The first-order valence-electron chi connectivity index (χ1n) is 6.87. The standard InChI is InChI=1S/C15H18N2O4/c16-13(18)8-9-3-1-2-4-12(9)17-14(19)10-5-6-11(7-10)15(20)21/h1-4,10-11H,5-8H2,(H2,16,18)(H,17,19)(H,20,21)/t10-,11+/m1/s1. The molecule has 1 fully saturated rings. The number of carbonyl (C=O) groups excluding carboxylic acids is 2. The third-order valence-corrected chi connectivity index (χ3v) is 3.79. The molecular formula is C15H18N2O4. The van der Waals surface area contributed by atoms with E-state index in [0.717, 1.165) is 0 Å². The predicted molar refractivity (Wildman–Crippen MR) is 76.4 cm³/mol. The molecule has 0 heterocycles. The van der Waals surface area contributed by atoms with Crippen LogP contribution in [0.4, 0.5) is 5.69 Å². The summed E-state index contributed by atoms with van der Waals surface area (Å²) in [5.41, 5.74) is 6.39. The number of para-hydroxylation sites is 1. The van der Waals surface area contributed by atoms with Crippen molar-refractivity contribution in [1.29, 1.82) is 0 Å². The molecular weight excluding hydrogens is 272 g/mol. The van der Waals surface area contributed by atoms with Crippen LogP contribution in [0.15, 0.2) is 24.3 Å². The van der Waals surface area contributed by atoms with E-state index in [2.05, 4.69) is 5.32 Å². The number of hydrogen-bond acceptors (Lipinski definition) is 3. The Morgan fingerprint density at radius 2 is 1.86 bits per heavy atom. The van der Waals surface area contributed by atoms with Crippen molar-refractivity contribution in [3.63, 3.8) is 0 Å². The molecule has 112 valence electrons. The lowest BCUT2D eigenvalue weighted by atomic mass is 10.0. The topological polar surface area (TPSA) is 109 Å². The maximum atomic E-state index is 12.2. The van der Waals surface area contributed by atoms with E-state index in [1.54, 1.807) is 24.3 Å². The Labute approximate surface area is 122 Å². The molecule has 0 aliphatic heterocycles. The molecule has 2 rings (SSSR count). The Balaban J connectivity index is 2.03. The highest BCUT2D eigenvalue weighted by Crippen LogP contribution is 2.32. The molecule has 6 heteroatoms. The van der Waals surface area contributed by atoms with Gasteiger partial charge in [-0.1, -0.05) is 18.2 Å². The van der Waals surface area contributed by atoms with Crippen molar-refractivity contribution in [2.45, 2.75) is 25.7 Å². The van der Waals surface area contributed by atoms with Crippen molar-refractivity contribution in [2.75, 3.05) is 5.32 Å². The third-order valence-electron chi connectivity index (χ3n) is 3.79. The van der Waals surface area contributed by atoms with Crippen molar-refractivity contribution < 1.29 is 19.5 Å². The molecule has 0 radical (unpaired) electrons. The van der Waals surface area contributed by atoms with Crippen molar-refractivity contribution in [3.05, 3.63) is 29.8 Å². The Hall–Kier alpha value is -2.37. The largest absolute Gasteiger partial charge is 0.481 e. The van der Waals surface area contributed by atoms with E-state index in [4.69, 9.17) is 10.8 Å². The van der Waals surface area contributed by atoms with Gasteiger partial charge in [0.2, 0.25) is 11.8 Å². The number of anilines is 1. The molecule has 0 saturated heterocycles. The Morgan fingerprint density at radius 1 is 1.19 bits per heavy atom. The van der Waals surface area contributed by atoms with E-state index >= 15 is 0 Å². The monoisotopic (exact) mass is 290 g/mol. The number of nitrogens with one attached hydrogen (secondary N) is 1. The van der Waals surface area contributed by atoms with Crippen LogP contribution in [-0.4, -0.2) is 22.9 Å². The van der Waals surface area contributed by atoms with E-state index in [-0.39, 0.29) is 18.2 Å². The van der Waals surface area contributed by atoms with Gasteiger partial charge in [0.05, 0.1) is 12.3 Å². The lowest BCUT2D eigenvalue weighted by Gasteiger charge is -2.13. The molecule has 1 aromatic rings. The van der Waals surface area contributed by atoms with Crippen molar-refractivity contribution in [1.82, 2.24) is 0 Å². The minimum atomic E-state index is -0.848. The average molecular weight is 290 g/mol. The van der Waals surface area contributed by atoms with Gasteiger partial charge in [-0.3, -0.25) is 14.4 Å². The van der Waals surface area contributed by atoms with Crippen molar-refractivity contribution >= 4 is 23.5 Å². The molecule has 2 atom stereocenters. The van der Waals surface area contributed by atoms with Gasteiger partial charge in [0.1, 0.15) is 0 Å². The Kier molecular flexibility index (Phi) is 4.57. The van der Waals surface area contributed by atoms with Gasteiger partial charge in [-0.25, -0.2) is 0 Å². The second kappa shape index (κ2) is 6.39. The molecule has 0 spiro atoms. The minimum Gasteiger partial charge on any atom is -0.481 e. The lowest BCUT2D eigenvalue weighted by molar-refractivity contribution is -0.141. The van der Waals surface area contributed by atoms with Gasteiger partial charge in [-0.05, 0) is 30.9 Å². The fourth-order valence-corrected chi connectivity index (χ4v) is 2.66. The smallest absolute Gasteiger partial charge is 0.306 e. The van der Waals surface area contributed by atoms with Crippen LogP contribution in [0.3, 0.4) is 0 Å². The number of nitrogens with two attached hydrogens (primary N) is 1. The average Bonchev–Trinajstić information content (AvgIpc) is 2.90. The fraction of sp³-hybridized carbons (Fsp3) is 0.400. The molecule has 4 N–H and O–H groups in total. The van der Waals surface area contributed by atoms with E-state index in [9.17, 15) is 14.4 Å². The molecule has 0 unspecified atom stereocenters. The number of carboxylic acids is 1. The highest BCUT2D eigenvalue weighted by atomic mass is 16.4. The van der Waals surface area contributed by atoms with Crippen molar-refractivity contribution in [3.8, 4) is 0 Å². The van der Waals surface area contributed by atoms with Crippen LogP contribution >= 0.6 is 0 Å². The van der Waals surface area contributed by atoms with Gasteiger partial charge < -0.3 is 16.2 Å². The SMILES string of the molecule is NC(=O)Cc1ccccc1NC(=O)[C@@H]1CC[C@H](C(=O)O)C1. The second-order valence-corrected chi connectivity index (χ2v) is 5.33. The number of rotatable bonds is 5. The summed E-state index contributed by atoms with van der Waals surface area (Å²) in [6, 6.07) is 6.97. The molecule has 1 aliphatic carbocycles. The zero-order chi connectivity index (χ0) is 15.4. The molecule has 21 heavy (non-hydrogen) atoms. The maximum absolute atomic E-state index is 12.2. The number of amides is 2. The van der Waals surface area contributed by atoms with Crippen LogP contribution < -0.4 is 11.1 Å². The van der Waals surface area contributed by atoms with E-state index in [0.29, 0.717) is 30.5 Å². The van der Waals surface area contributed by atoms with Crippen LogP contribution in [0.5, 0.6) is 0 Å². The van der Waals surface area contributed by atoms with Gasteiger partial charge in [0, 0.05) is 11.6 Å². The number of primary amides is 1. The van der Waals surface area contributed by atoms with Crippen molar-refractivity contribution in [2.24, 2.45) is 17.6 Å². The summed E-state index contributed by atoms with van der Waals surface area (Å²) in [5.74, 6) is -2.26. The first-order valence-corrected chi connectivity index (χ1v) is 6.87. The molecule has 1 saturated carbocycles. The van der Waals surface area contributed by atoms with E-state index in [1.807, 2.05) is 0 Å². The van der Waals surface area contributed by atoms with E-state index < -0.39 is 17.8 Å².